The van der Waals surface area contributed by atoms with E-state index in [0.29, 0.717) is 19.4 Å². The molecule has 1 fully saturated rings. The number of hydrogen-bond acceptors (Lipinski definition) is 4. The van der Waals surface area contributed by atoms with Gasteiger partial charge in [-0.1, -0.05) is 30.3 Å². The van der Waals surface area contributed by atoms with Crippen molar-refractivity contribution in [3.63, 3.8) is 0 Å². The van der Waals surface area contributed by atoms with Gasteiger partial charge in [0.1, 0.15) is 0 Å². The van der Waals surface area contributed by atoms with Crippen LogP contribution in [0, 0.1) is 0 Å². The van der Waals surface area contributed by atoms with Crippen molar-refractivity contribution < 1.29 is 15.0 Å². The third-order valence-corrected chi connectivity index (χ3v) is 3.25. The summed E-state index contributed by atoms with van der Waals surface area (Å²) in [6, 6.07) is 9.31. The van der Waals surface area contributed by atoms with E-state index in [2.05, 4.69) is 10.6 Å². The normalized spacial score (nSPS) is 24.1. The molecule has 1 amide bonds. The molecular formula is C14H20N2O3. The molecule has 104 valence electrons. The lowest BCUT2D eigenvalue weighted by molar-refractivity contribution is -0.123. The molecule has 3 unspecified atom stereocenters. The molecule has 0 aliphatic carbocycles. The van der Waals surface area contributed by atoms with Crippen LogP contribution in [0.3, 0.4) is 0 Å². The van der Waals surface area contributed by atoms with Gasteiger partial charge in [0.25, 0.3) is 0 Å². The first kappa shape index (κ1) is 14.0. The van der Waals surface area contributed by atoms with Gasteiger partial charge in [-0.3, -0.25) is 4.79 Å². The summed E-state index contributed by atoms with van der Waals surface area (Å²) >= 11 is 0. The van der Waals surface area contributed by atoms with E-state index < -0.39 is 12.2 Å². The Labute approximate surface area is 112 Å². The van der Waals surface area contributed by atoms with Crippen LogP contribution in [-0.4, -0.2) is 47.5 Å². The quantitative estimate of drug-likeness (QED) is 0.574. The molecule has 19 heavy (non-hydrogen) atoms. The summed E-state index contributed by atoms with van der Waals surface area (Å²) in [7, 11) is 0. The summed E-state index contributed by atoms with van der Waals surface area (Å²) in [6.07, 6.45) is -0.106. The second-order valence-corrected chi connectivity index (χ2v) is 4.94. The maximum atomic E-state index is 11.8. The number of benzene rings is 1. The lowest BCUT2D eigenvalue weighted by Gasteiger charge is -2.14. The molecule has 3 atom stereocenters. The van der Waals surface area contributed by atoms with Crippen molar-refractivity contribution in [2.24, 2.45) is 0 Å². The van der Waals surface area contributed by atoms with E-state index >= 15 is 0 Å². The number of hydrogen-bond donors (Lipinski definition) is 4. The summed E-state index contributed by atoms with van der Waals surface area (Å²) in [5.74, 6) is -0.163. The van der Waals surface area contributed by atoms with Crippen molar-refractivity contribution in [3.05, 3.63) is 35.9 Å². The maximum absolute atomic E-state index is 11.8. The zero-order chi connectivity index (χ0) is 13.7. The Morgan fingerprint density at radius 1 is 1.42 bits per heavy atom. The van der Waals surface area contributed by atoms with E-state index in [4.69, 9.17) is 0 Å². The molecule has 4 N–H and O–H groups in total. The second-order valence-electron chi connectivity index (χ2n) is 4.94. The molecule has 0 bridgehead atoms. The fraction of sp³-hybridized carbons (Fsp3) is 0.500. The van der Waals surface area contributed by atoms with Crippen LogP contribution in [-0.2, 0) is 11.2 Å². The minimum Gasteiger partial charge on any atom is -0.392 e. The number of β-amino-alcohol motifs (C(OH)–C–C–N with tert-alkyl or cyclic N) is 1. The molecule has 1 heterocycles. The first-order valence-corrected chi connectivity index (χ1v) is 6.56. The molecule has 0 spiro atoms. The summed E-state index contributed by atoms with van der Waals surface area (Å²) < 4.78 is 0. The third kappa shape index (κ3) is 4.31. The van der Waals surface area contributed by atoms with E-state index in [0.717, 1.165) is 5.56 Å². The van der Waals surface area contributed by atoms with Gasteiger partial charge in [0.05, 0.1) is 18.2 Å². The maximum Gasteiger partial charge on any atom is 0.237 e. The molecule has 0 aromatic heterocycles. The molecular weight excluding hydrogens is 244 g/mol. The average molecular weight is 264 g/mol. The molecule has 1 aliphatic rings. The molecule has 1 aromatic carbocycles. The SMILES string of the molecule is O=C(NCC(O)Cc1ccccc1)C1CC(O)CN1. The zero-order valence-corrected chi connectivity index (χ0v) is 10.7. The van der Waals surface area contributed by atoms with Crippen LogP contribution >= 0.6 is 0 Å². The molecule has 1 aliphatic heterocycles. The lowest BCUT2D eigenvalue weighted by atomic mass is 10.1. The first-order valence-electron chi connectivity index (χ1n) is 6.56. The standard InChI is InChI=1S/C14H20N2O3/c17-11(6-10-4-2-1-3-5-10)9-16-14(19)13-7-12(18)8-15-13/h1-5,11-13,15,17-18H,6-9H2,(H,16,19). The van der Waals surface area contributed by atoms with Crippen molar-refractivity contribution in [2.75, 3.05) is 13.1 Å². The van der Waals surface area contributed by atoms with Crippen LogP contribution in [0.25, 0.3) is 0 Å². The van der Waals surface area contributed by atoms with E-state index in [1.807, 2.05) is 30.3 Å². The predicted octanol–water partition coefficient (Wildman–Crippen LogP) is -0.571. The highest BCUT2D eigenvalue weighted by molar-refractivity contribution is 5.82. The minimum atomic E-state index is -0.599. The summed E-state index contributed by atoms with van der Waals surface area (Å²) in [5.41, 5.74) is 1.04. The topological polar surface area (TPSA) is 81.6 Å². The van der Waals surface area contributed by atoms with Gasteiger partial charge in [-0.05, 0) is 12.0 Å². The van der Waals surface area contributed by atoms with E-state index in [1.54, 1.807) is 0 Å². The molecule has 2 rings (SSSR count). The van der Waals surface area contributed by atoms with Crippen molar-refractivity contribution in [1.29, 1.82) is 0 Å². The lowest BCUT2D eigenvalue weighted by Crippen LogP contribution is -2.43. The first-order chi connectivity index (χ1) is 9.15. The van der Waals surface area contributed by atoms with Crippen molar-refractivity contribution in [1.82, 2.24) is 10.6 Å². The van der Waals surface area contributed by atoms with Crippen molar-refractivity contribution >= 4 is 5.91 Å². The van der Waals surface area contributed by atoms with Gasteiger partial charge in [0, 0.05) is 19.5 Å². The van der Waals surface area contributed by atoms with Crippen LogP contribution < -0.4 is 10.6 Å². The average Bonchev–Trinajstić information content (AvgIpc) is 2.84. The third-order valence-electron chi connectivity index (χ3n) is 3.25. The summed E-state index contributed by atoms with van der Waals surface area (Å²) in [5, 5.41) is 24.8. The highest BCUT2D eigenvalue weighted by atomic mass is 16.3. The van der Waals surface area contributed by atoms with E-state index in [1.165, 1.54) is 0 Å². The Balaban J connectivity index is 1.71. The molecule has 0 radical (unpaired) electrons. The number of aliphatic hydroxyl groups is 2. The smallest absolute Gasteiger partial charge is 0.237 e. The van der Waals surface area contributed by atoms with Crippen molar-refractivity contribution in [3.8, 4) is 0 Å². The summed E-state index contributed by atoms with van der Waals surface area (Å²) in [6.45, 7) is 0.673. The Morgan fingerprint density at radius 2 is 2.16 bits per heavy atom. The molecule has 1 aromatic rings. The van der Waals surface area contributed by atoms with Gasteiger partial charge in [-0.2, -0.15) is 0 Å². The van der Waals surface area contributed by atoms with Crippen LogP contribution in [0.15, 0.2) is 30.3 Å². The number of rotatable bonds is 5. The molecule has 5 nitrogen and oxygen atoms in total. The van der Waals surface area contributed by atoms with Gasteiger partial charge in [-0.15, -0.1) is 0 Å². The molecule has 1 saturated heterocycles. The zero-order valence-electron chi connectivity index (χ0n) is 10.7. The largest absolute Gasteiger partial charge is 0.392 e. The number of carbonyl (C=O) groups excluding carboxylic acids is 1. The van der Waals surface area contributed by atoms with Gasteiger partial charge in [-0.25, -0.2) is 0 Å². The van der Waals surface area contributed by atoms with E-state index in [-0.39, 0.29) is 18.5 Å². The number of amides is 1. The van der Waals surface area contributed by atoms with Crippen LogP contribution in [0.4, 0.5) is 0 Å². The fourth-order valence-corrected chi connectivity index (χ4v) is 2.22. The summed E-state index contributed by atoms with van der Waals surface area (Å²) in [4.78, 5) is 11.8. The predicted molar refractivity (Wildman–Crippen MR) is 71.6 cm³/mol. The van der Waals surface area contributed by atoms with Crippen LogP contribution in [0.1, 0.15) is 12.0 Å². The molecule has 0 saturated carbocycles. The number of nitrogens with one attached hydrogen (secondary N) is 2. The Kier molecular flexibility index (Phi) is 4.90. The van der Waals surface area contributed by atoms with Crippen molar-refractivity contribution in [2.45, 2.75) is 31.1 Å². The van der Waals surface area contributed by atoms with Gasteiger partial charge in [0.15, 0.2) is 0 Å². The Morgan fingerprint density at radius 3 is 2.79 bits per heavy atom. The minimum absolute atomic E-state index is 0.163. The van der Waals surface area contributed by atoms with Gasteiger partial charge in [0.2, 0.25) is 5.91 Å². The van der Waals surface area contributed by atoms with E-state index in [9.17, 15) is 15.0 Å². The van der Waals surface area contributed by atoms with Gasteiger partial charge >= 0.3 is 0 Å². The Bertz CT molecular complexity index is 410. The van der Waals surface area contributed by atoms with Crippen LogP contribution in [0.5, 0.6) is 0 Å². The fourth-order valence-electron chi connectivity index (χ4n) is 2.22. The Hall–Kier alpha value is -1.43. The number of aliphatic hydroxyl groups excluding tert-OH is 2. The highest BCUT2D eigenvalue weighted by Gasteiger charge is 2.27. The molecule has 5 heteroatoms. The number of carbonyl (C=O) groups is 1. The van der Waals surface area contributed by atoms with Crippen LogP contribution in [0.2, 0.25) is 0 Å². The second kappa shape index (κ2) is 6.65. The monoisotopic (exact) mass is 264 g/mol. The highest BCUT2D eigenvalue weighted by Crippen LogP contribution is 2.06. The van der Waals surface area contributed by atoms with Gasteiger partial charge < -0.3 is 20.8 Å².